The van der Waals surface area contributed by atoms with Crippen LogP contribution in [0.5, 0.6) is 5.75 Å². The number of anilines is 1. The minimum Gasteiger partial charge on any atom is -0.508 e. The van der Waals surface area contributed by atoms with Crippen LogP contribution in [0.2, 0.25) is 0 Å². The normalized spacial score (nSPS) is 12.4. The summed E-state index contributed by atoms with van der Waals surface area (Å²) in [5.41, 5.74) is 1.15. The van der Waals surface area contributed by atoms with E-state index < -0.39 is 0 Å². The highest BCUT2D eigenvalue weighted by atomic mass is 16.3. The van der Waals surface area contributed by atoms with Gasteiger partial charge in [-0.3, -0.25) is 4.68 Å². The molecule has 2 rings (SSSR count). The number of aryl methyl sites for hydroxylation is 1. The number of aromatic hydroxyl groups is 1. The van der Waals surface area contributed by atoms with E-state index in [1.165, 1.54) is 0 Å². The van der Waals surface area contributed by atoms with Crippen molar-refractivity contribution < 1.29 is 5.11 Å². The fourth-order valence-corrected chi connectivity index (χ4v) is 1.80. The highest BCUT2D eigenvalue weighted by Gasteiger charge is 2.10. The molecular weight excluding hydrogens is 214 g/mol. The zero-order valence-corrected chi connectivity index (χ0v) is 10.1. The van der Waals surface area contributed by atoms with Crippen LogP contribution < -0.4 is 5.32 Å². The number of phenols is 1. The van der Waals surface area contributed by atoms with E-state index in [9.17, 15) is 5.11 Å². The van der Waals surface area contributed by atoms with Crippen molar-refractivity contribution in [3.63, 3.8) is 0 Å². The van der Waals surface area contributed by atoms with E-state index in [1.807, 2.05) is 31.4 Å². The van der Waals surface area contributed by atoms with E-state index in [1.54, 1.807) is 16.8 Å². The zero-order chi connectivity index (χ0) is 12.3. The van der Waals surface area contributed by atoms with Crippen molar-refractivity contribution in [1.82, 2.24) is 9.78 Å². The number of hydrogen-bond acceptors (Lipinski definition) is 3. The third kappa shape index (κ3) is 2.78. The fraction of sp³-hybridized carbons (Fsp3) is 0.308. The number of rotatable bonds is 4. The molecule has 0 bridgehead atoms. The Balaban J connectivity index is 2.13. The monoisotopic (exact) mass is 231 g/mol. The molecule has 90 valence electrons. The molecule has 0 aliphatic heterocycles. The molecule has 0 amide bonds. The first kappa shape index (κ1) is 11.5. The van der Waals surface area contributed by atoms with Crippen molar-refractivity contribution in [2.45, 2.75) is 19.4 Å². The second kappa shape index (κ2) is 4.91. The highest BCUT2D eigenvalue weighted by molar-refractivity contribution is 5.38. The van der Waals surface area contributed by atoms with Crippen molar-refractivity contribution in [3.8, 4) is 5.75 Å². The van der Waals surface area contributed by atoms with Gasteiger partial charge in [-0.25, -0.2) is 0 Å². The Hall–Kier alpha value is -1.97. The lowest BCUT2D eigenvalue weighted by Crippen LogP contribution is -2.10. The Bertz CT molecular complexity index is 476. The standard InChI is InChI=1S/C13H17N3O/c1-3-12(10-4-6-11(17)7-5-10)14-13-8-9-16(2)15-13/h4-9,12,17H,3H2,1-2H3,(H,14,15). The molecule has 1 aromatic heterocycles. The summed E-state index contributed by atoms with van der Waals surface area (Å²) >= 11 is 0. The Morgan fingerprint density at radius 1 is 1.29 bits per heavy atom. The number of phenolic OH excluding ortho intramolecular Hbond substituents is 1. The van der Waals surface area contributed by atoms with Gasteiger partial charge in [0.2, 0.25) is 0 Å². The molecule has 0 radical (unpaired) electrons. The molecule has 0 fully saturated rings. The zero-order valence-electron chi connectivity index (χ0n) is 10.1. The summed E-state index contributed by atoms with van der Waals surface area (Å²) in [5, 5.41) is 16.9. The first-order valence-electron chi connectivity index (χ1n) is 5.74. The topological polar surface area (TPSA) is 50.1 Å². The summed E-state index contributed by atoms with van der Waals surface area (Å²) in [6, 6.07) is 9.43. The van der Waals surface area contributed by atoms with Gasteiger partial charge in [0, 0.05) is 19.3 Å². The average molecular weight is 231 g/mol. The maximum atomic E-state index is 9.27. The van der Waals surface area contributed by atoms with Crippen LogP contribution in [0.1, 0.15) is 24.9 Å². The molecule has 17 heavy (non-hydrogen) atoms. The van der Waals surface area contributed by atoms with Crippen molar-refractivity contribution in [2.75, 3.05) is 5.32 Å². The fourth-order valence-electron chi connectivity index (χ4n) is 1.80. The molecule has 2 N–H and O–H groups in total. The first-order valence-corrected chi connectivity index (χ1v) is 5.74. The molecule has 0 saturated carbocycles. The molecule has 0 spiro atoms. The van der Waals surface area contributed by atoms with Gasteiger partial charge in [-0.2, -0.15) is 5.10 Å². The lowest BCUT2D eigenvalue weighted by Gasteiger charge is -2.16. The van der Waals surface area contributed by atoms with E-state index in [2.05, 4.69) is 17.3 Å². The summed E-state index contributed by atoms with van der Waals surface area (Å²) in [6.07, 6.45) is 2.87. The largest absolute Gasteiger partial charge is 0.508 e. The molecule has 0 aliphatic carbocycles. The Labute approximate surface area is 101 Å². The molecule has 4 heteroatoms. The maximum absolute atomic E-state index is 9.27. The molecular formula is C13H17N3O. The third-order valence-electron chi connectivity index (χ3n) is 2.74. The van der Waals surface area contributed by atoms with Gasteiger partial charge >= 0.3 is 0 Å². The number of aromatic nitrogens is 2. The van der Waals surface area contributed by atoms with Crippen molar-refractivity contribution in [2.24, 2.45) is 7.05 Å². The third-order valence-corrected chi connectivity index (χ3v) is 2.74. The smallest absolute Gasteiger partial charge is 0.148 e. The highest BCUT2D eigenvalue weighted by Crippen LogP contribution is 2.23. The van der Waals surface area contributed by atoms with Crippen molar-refractivity contribution in [1.29, 1.82) is 0 Å². The lowest BCUT2D eigenvalue weighted by atomic mass is 10.0. The number of nitrogens with one attached hydrogen (secondary N) is 1. The van der Waals surface area contributed by atoms with Crippen molar-refractivity contribution in [3.05, 3.63) is 42.1 Å². The van der Waals surface area contributed by atoms with Crippen LogP contribution in [0.3, 0.4) is 0 Å². The van der Waals surface area contributed by atoms with Crippen LogP contribution >= 0.6 is 0 Å². The van der Waals surface area contributed by atoms with Gasteiger partial charge in [-0.05, 0) is 24.1 Å². The van der Waals surface area contributed by atoms with Crippen LogP contribution in [-0.2, 0) is 7.05 Å². The van der Waals surface area contributed by atoms with E-state index in [0.29, 0.717) is 5.75 Å². The number of benzene rings is 1. The number of hydrogen-bond donors (Lipinski definition) is 2. The molecule has 1 atom stereocenters. The summed E-state index contributed by atoms with van der Waals surface area (Å²) in [5.74, 6) is 1.16. The van der Waals surface area contributed by atoms with Gasteiger partial charge in [0.15, 0.2) is 0 Å². The molecule has 2 aromatic rings. The molecule has 0 aliphatic rings. The van der Waals surface area contributed by atoms with Crippen LogP contribution in [0.4, 0.5) is 5.82 Å². The molecule has 4 nitrogen and oxygen atoms in total. The quantitative estimate of drug-likeness (QED) is 0.850. The Morgan fingerprint density at radius 2 is 2.00 bits per heavy atom. The summed E-state index contributed by atoms with van der Waals surface area (Å²) in [6.45, 7) is 2.12. The molecule has 1 unspecified atom stereocenters. The Morgan fingerprint density at radius 3 is 2.53 bits per heavy atom. The van der Waals surface area contributed by atoms with Crippen LogP contribution in [0.15, 0.2) is 36.5 Å². The van der Waals surface area contributed by atoms with Gasteiger partial charge in [0.1, 0.15) is 11.6 Å². The second-order valence-corrected chi connectivity index (χ2v) is 4.07. The predicted molar refractivity (Wildman–Crippen MR) is 68.0 cm³/mol. The molecule has 1 aromatic carbocycles. The van der Waals surface area contributed by atoms with Crippen LogP contribution in [0, 0.1) is 0 Å². The van der Waals surface area contributed by atoms with E-state index in [4.69, 9.17) is 0 Å². The average Bonchev–Trinajstić information content (AvgIpc) is 2.73. The summed E-state index contributed by atoms with van der Waals surface area (Å²) < 4.78 is 1.77. The van der Waals surface area contributed by atoms with Gasteiger partial charge in [0.05, 0.1) is 6.04 Å². The number of nitrogens with zero attached hydrogens (tertiary/aromatic N) is 2. The lowest BCUT2D eigenvalue weighted by molar-refractivity contribution is 0.475. The SMILES string of the molecule is CCC(Nc1ccn(C)n1)c1ccc(O)cc1. The van der Waals surface area contributed by atoms with Crippen molar-refractivity contribution >= 4 is 5.82 Å². The first-order chi connectivity index (χ1) is 8.19. The van der Waals surface area contributed by atoms with E-state index in [0.717, 1.165) is 17.8 Å². The maximum Gasteiger partial charge on any atom is 0.148 e. The van der Waals surface area contributed by atoms with Gasteiger partial charge in [0.25, 0.3) is 0 Å². The van der Waals surface area contributed by atoms with Crippen LogP contribution in [0.25, 0.3) is 0 Å². The summed E-state index contributed by atoms with van der Waals surface area (Å²) in [7, 11) is 1.90. The van der Waals surface area contributed by atoms with Crippen LogP contribution in [-0.4, -0.2) is 14.9 Å². The van der Waals surface area contributed by atoms with Gasteiger partial charge in [-0.1, -0.05) is 19.1 Å². The molecule has 0 saturated heterocycles. The molecule has 1 heterocycles. The summed E-state index contributed by atoms with van der Waals surface area (Å²) in [4.78, 5) is 0. The van der Waals surface area contributed by atoms with E-state index >= 15 is 0 Å². The van der Waals surface area contributed by atoms with Gasteiger partial charge in [-0.15, -0.1) is 0 Å². The van der Waals surface area contributed by atoms with E-state index in [-0.39, 0.29) is 6.04 Å². The minimum atomic E-state index is 0.213. The predicted octanol–water partition coefficient (Wildman–Crippen LogP) is 2.69. The Kier molecular flexibility index (Phi) is 3.32. The second-order valence-electron chi connectivity index (χ2n) is 4.07. The van der Waals surface area contributed by atoms with Gasteiger partial charge < -0.3 is 10.4 Å². The minimum absolute atomic E-state index is 0.213.